The number of thiophene rings is 1. The van der Waals surface area contributed by atoms with Crippen LogP contribution in [0, 0.1) is 5.92 Å². The molecule has 0 spiro atoms. The summed E-state index contributed by atoms with van der Waals surface area (Å²) in [5.74, 6) is -1.41. The summed E-state index contributed by atoms with van der Waals surface area (Å²) in [5, 5.41) is 7.35. The average Bonchev–Trinajstić information content (AvgIpc) is 3.60. The number of Topliss-reactive ketones (excluding diaryl/α,β-unsaturated/α-hetero) is 1. The van der Waals surface area contributed by atoms with Crippen LogP contribution in [0.5, 0.6) is 0 Å². The molecule has 10 heteroatoms. The standard InChI is InChI=1S/C27H32N4O5S/c1-16(2)13-20(29-26(35)19-8-6-18(7-9-19)23-5-4-12-37-23)27(36)30-11-10-21-25(30)22(33)15-31(21)24(34)14-28-17(3)32/h4-9,12,16,20-21,25H,10-11,13-15H2,1-3H3,(H,28,32)(H,29,35). The first-order valence-electron chi connectivity index (χ1n) is 12.5. The van der Waals surface area contributed by atoms with Gasteiger partial charge < -0.3 is 20.4 Å². The lowest BCUT2D eigenvalue weighted by atomic mass is 10.0. The van der Waals surface area contributed by atoms with Crippen molar-refractivity contribution in [3.63, 3.8) is 0 Å². The minimum atomic E-state index is -0.792. The molecule has 0 saturated carbocycles. The summed E-state index contributed by atoms with van der Waals surface area (Å²) in [4.78, 5) is 67.5. The molecular formula is C27H32N4O5S. The van der Waals surface area contributed by atoms with Gasteiger partial charge in [0.25, 0.3) is 5.91 Å². The van der Waals surface area contributed by atoms with Crippen LogP contribution in [0.15, 0.2) is 41.8 Å². The molecule has 2 N–H and O–H groups in total. The Bertz CT molecular complexity index is 1180. The van der Waals surface area contributed by atoms with Crippen molar-refractivity contribution in [2.45, 2.75) is 51.7 Å². The molecule has 4 rings (SSSR count). The number of ketones is 1. The number of benzene rings is 1. The second kappa shape index (κ2) is 11.2. The third-order valence-corrected chi connectivity index (χ3v) is 7.70. The van der Waals surface area contributed by atoms with Crippen LogP contribution in [-0.4, -0.2) is 77.0 Å². The lowest BCUT2D eigenvalue weighted by Crippen LogP contribution is -2.53. The minimum Gasteiger partial charge on any atom is -0.347 e. The fourth-order valence-corrected chi connectivity index (χ4v) is 5.79. The van der Waals surface area contributed by atoms with Gasteiger partial charge in [-0.25, -0.2) is 0 Å². The molecule has 1 aromatic carbocycles. The van der Waals surface area contributed by atoms with Gasteiger partial charge in [-0.3, -0.25) is 24.0 Å². The highest BCUT2D eigenvalue weighted by Crippen LogP contribution is 2.31. The smallest absolute Gasteiger partial charge is 0.251 e. The van der Waals surface area contributed by atoms with Gasteiger partial charge in [0.1, 0.15) is 12.1 Å². The molecule has 2 fully saturated rings. The van der Waals surface area contributed by atoms with E-state index in [0.717, 1.165) is 10.4 Å². The van der Waals surface area contributed by atoms with Gasteiger partial charge >= 0.3 is 0 Å². The number of fused-ring (bicyclic) bond motifs is 1. The molecule has 9 nitrogen and oxygen atoms in total. The first-order chi connectivity index (χ1) is 17.7. The lowest BCUT2D eigenvalue weighted by Gasteiger charge is -2.29. The Labute approximate surface area is 220 Å². The van der Waals surface area contributed by atoms with Crippen molar-refractivity contribution in [3.8, 4) is 10.4 Å². The Kier molecular flexibility index (Phi) is 8.06. The van der Waals surface area contributed by atoms with Gasteiger partial charge in [-0.15, -0.1) is 11.3 Å². The average molecular weight is 525 g/mol. The normalized spacial score (nSPS) is 19.6. The molecule has 3 atom stereocenters. The van der Waals surface area contributed by atoms with E-state index in [2.05, 4.69) is 10.6 Å². The van der Waals surface area contributed by atoms with Crippen LogP contribution in [0.4, 0.5) is 0 Å². The van der Waals surface area contributed by atoms with Gasteiger partial charge in [0.15, 0.2) is 5.78 Å². The first-order valence-corrected chi connectivity index (χ1v) is 13.4. The zero-order valence-electron chi connectivity index (χ0n) is 21.2. The SMILES string of the molecule is CC(=O)NCC(=O)N1CC(=O)C2C1CCN2C(=O)C(CC(C)C)NC(=O)c1ccc(-c2cccs2)cc1. The van der Waals surface area contributed by atoms with E-state index in [9.17, 15) is 24.0 Å². The minimum absolute atomic E-state index is 0.0880. The van der Waals surface area contributed by atoms with Gasteiger partial charge in [0.2, 0.25) is 17.7 Å². The van der Waals surface area contributed by atoms with Crippen molar-refractivity contribution < 1.29 is 24.0 Å². The van der Waals surface area contributed by atoms with Crippen LogP contribution in [-0.2, 0) is 19.2 Å². The monoisotopic (exact) mass is 524 g/mol. The van der Waals surface area contributed by atoms with Crippen molar-refractivity contribution >= 4 is 40.7 Å². The van der Waals surface area contributed by atoms with Crippen LogP contribution < -0.4 is 10.6 Å². The van der Waals surface area contributed by atoms with Crippen molar-refractivity contribution in [2.24, 2.45) is 5.92 Å². The van der Waals surface area contributed by atoms with E-state index in [-0.39, 0.29) is 48.4 Å². The van der Waals surface area contributed by atoms with Crippen LogP contribution in [0.1, 0.15) is 44.0 Å². The zero-order valence-corrected chi connectivity index (χ0v) is 22.0. The quantitative estimate of drug-likeness (QED) is 0.549. The highest BCUT2D eigenvalue weighted by Gasteiger charge is 2.52. The van der Waals surface area contributed by atoms with E-state index in [4.69, 9.17) is 0 Å². The number of hydrogen-bond donors (Lipinski definition) is 2. The Morgan fingerprint density at radius 3 is 2.43 bits per heavy atom. The molecule has 0 aliphatic carbocycles. The third-order valence-electron chi connectivity index (χ3n) is 6.78. The molecule has 2 aliphatic heterocycles. The van der Waals surface area contributed by atoms with E-state index in [0.29, 0.717) is 24.9 Å². The van der Waals surface area contributed by atoms with Crippen molar-refractivity contribution in [1.82, 2.24) is 20.4 Å². The van der Waals surface area contributed by atoms with Gasteiger partial charge in [-0.1, -0.05) is 32.0 Å². The van der Waals surface area contributed by atoms with Crippen molar-refractivity contribution in [1.29, 1.82) is 0 Å². The molecule has 2 saturated heterocycles. The second-order valence-corrected chi connectivity index (χ2v) is 10.9. The number of amides is 4. The highest BCUT2D eigenvalue weighted by molar-refractivity contribution is 7.13. The van der Waals surface area contributed by atoms with Crippen molar-refractivity contribution in [2.75, 3.05) is 19.6 Å². The maximum Gasteiger partial charge on any atom is 0.251 e. The maximum atomic E-state index is 13.6. The topological polar surface area (TPSA) is 116 Å². The summed E-state index contributed by atoms with van der Waals surface area (Å²) in [6, 6.07) is 9.30. The second-order valence-electron chi connectivity index (χ2n) is 9.94. The summed E-state index contributed by atoms with van der Waals surface area (Å²) in [6.45, 7) is 5.31. The summed E-state index contributed by atoms with van der Waals surface area (Å²) in [6.07, 6.45) is 0.894. The Balaban J connectivity index is 1.45. The van der Waals surface area contributed by atoms with E-state index in [1.807, 2.05) is 43.5 Å². The number of hydrogen-bond acceptors (Lipinski definition) is 6. The molecule has 3 heterocycles. The van der Waals surface area contributed by atoms with Crippen LogP contribution in [0.25, 0.3) is 10.4 Å². The molecule has 1 aromatic heterocycles. The third kappa shape index (κ3) is 5.90. The number of nitrogens with one attached hydrogen (secondary N) is 2. The molecular weight excluding hydrogens is 492 g/mol. The summed E-state index contributed by atoms with van der Waals surface area (Å²) >= 11 is 1.62. The van der Waals surface area contributed by atoms with Gasteiger partial charge in [-0.2, -0.15) is 0 Å². The number of nitrogens with zero attached hydrogens (tertiary/aromatic N) is 2. The molecule has 4 amide bonds. The molecule has 2 aliphatic rings. The molecule has 37 heavy (non-hydrogen) atoms. The van der Waals surface area contributed by atoms with E-state index in [1.165, 1.54) is 16.7 Å². The van der Waals surface area contributed by atoms with E-state index in [1.54, 1.807) is 23.5 Å². The fourth-order valence-electron chi connectivity index (χ4n) is 5.05. The summed E-state index contributed by atoms with van der Waals surface area (Å²) in [7, 11) is 0. The van der Waals surface area contributed by atoms with E-state index >= 15 is 0 Å². The number of rotatable bonds is 8. The molecule has 2 aromatic rings. The highest BCUT2D eigenvalue weighted by atomic mass is 32.1. The van der Waals surface area contributed by atoms with Crippen LogP contribution in [0.3, 0.4) is 0 Å². The predicted molar refractivity (Wildman–Crippen MR) is 140 cm³/mol. The van der Waals surface area contributed by atoms with Gasteiger partial charge in [0.05, 0.1) is 19.1 Å². The van der Waals surface area contributed by atoms with E-state index < -0.39 is 18.1 Å². The molecule has 0 radical (unpaired) electrons. The Morgan fingerprint density at radius 1 is 1.08 bits per heavy atom. The predicted octanol–water partition coefficient (Wildman–Crippen LogP) is 2.08. The maximum absolute atomic E-state index is 13.6. The summed E-state index contributed by atoms with van der Waals surface area (Å²) in [5.41, 5.74) is 1.47. The van der Waals surface area contributed by atoms with Crippen molar-refractivity contribution in [3.05, 3.63) is 47.3 Å². The Morgan fingerprint density at radius 2 is 1.81 bits per heavy atom. The van der Waals surface area contributed by atoms with Crippen LogP contribution in [0.2, 0.25) is 0 Å². The largest absolute Gasteiger partial charge is 0.347 e. The fraction of sp³-hybridized carbons (Fsp3) is 0.444. The first kappa shape index (κ1) is 26.5. The molecule has 196 valence electrons. The Hall–Kier alpha value is -3.53. The lowest BCUT2D eigenvalue weighted by molar-refractivity contribution is -0.138. The number of carbonyl (C=O) groups excluding carboxylic acids is 5. The van der Waals surface area contributed by atoms with Gasteiger partial charge in [-0.05, 0) is 47.9 Å². The molecule has 0 bridgehead atoms. The number of likely N-dealkylation sites (tertiary alicyclic amines) is 2. The molecule has 3 unspecified atom stereocenters. The van der Waals surface area contributed by atoms with Crippen LogP contribution >= 0.6 is 11.3 Å². The summed E-state index contributed by atoms with van der Waals surface area (Å²) < 4.78 is 0. The van der Waals surface area contributed by atoms with Gasteiger partial charge in [0, 0.05) is 23.9 Å². The number of carbonyl (C=O) groups is 5. The zero-order chi connectivity index (χ0) is 26.7.